The van der Waals surface area contributed by atoms with Crippen LogP contribution in [0.1, 0.15) is 11.7 Å². The molecule has 0 atom stereocenters. The molecule has 0 saturated heterocycles. The van der Waals surface area contributed by atoms with Crippen molar-refractivity contribution in [3.05, 3.63) is 58.5 Å². The summed E-state index contributed by atoms with van der Waals surface area (Å²) < 4.78 is 10.5. The minimum Gasteiger partial charge on any atom is -0.502 e. The van der Waals surface area contributed by atoms with Crippen LogP contribution in [0.5, 0.6) is 5.75 Å². The van der Waals surface area contributed by atoms with Crippen molar-refractivity contribution in [2.45, 2.75) is 0 Å². The highest BCUT2D eigenvalue weighted by Gasteiger charge is 2.02. The van der Waals surface area contributed by atoms with Crippen LogP contribution >= 0.6 is 0 Å². The van der Waals surface area contributed by atoms with Crippen molar-refractivity contribution >= 4 is 23.3 Å². The number of benzene rings is 1. The van der Waals surface area contributed by atoms with Crippen molar-refractivity contribution in [1.82, 2.24) is 4.98 Å². The zero-order valence-corrected chi connectivity index (χ0v) is 9.74. The smallest absolute Gasteiger partial charge is 0.227 e. The average Bonchev–Trinajstić information content (AvgIpc) is 2.83. The van der Waals surface area contributed by atoms with Gasteiger partial charge in [0.15, 0.2) is 11.3 Å². The van der Waals surface area contributed by atoms with Crippen LogP contribution in [0.4, 0.5) is 0 Å². The molecule has 0 amide bonds. The first-order valence-corrected chi connectivity index (χ1v) is 5.58. The molecule has 0 unspecified atom stereocenters. The van der Waals surface area contributed by atoms with E-state index in [1.165, 1.54) is 6.07 Å². The van der Waals surface area contributed by atoms with Gasteiger partial charge in [-0.1, -0.05) is 12.1 Å². The Morgan fingerprint density at radius 1 is 1.21 bits per heavy atom. The summed E-state index contributed by atoms with van der Waals surface area (Å²) in [6.45, 7) is 0. The van der Waals surface area contributed by atoms with Crippen LogP contribution in [0.3, 0.4) is 0 Å². The summed E-state index contributed by atoms with van der Waals surface area (Å²) in [7, 11) is 0. The molecule has 0 radical (unpaired) electrons. The van der Waals surface area contributed by atoms with Crippen LogP contribution in [0.2, 0.25) is 0 Å². The fourth-order valence-electron chi connectivity index (χ4n) is 1.62. The van der Waals surface area contributed by atoms with Gasteiger partial charge in [0.2, 0.25) is 11.3 Å². The molecule has 3 rings (SSSR count). The largest absolute Gasteiger partial charge is 0.502 e. The van der Waals surface area contributed by atoms with E-state index < -0.39 is 11.2 Å². The standard InChI is InChI=1S/C14H9NO4/c16-11-7-9(18-8-12(11)17)5-6-14-15-10-3-1-2-4-13(10)19-14/h1-8,17H/b6-5+. The highest BCUT2D eigenvalue weighted by atomic mass is 16.4. The predicted molar refractivity (Wildman–Crippen MR) is 69.6 cm³/mol. The highest BCUT2D eigenvalue weighted by molar-refractivity contribution is 5.75. The second-order valence-corrected chi connectivity index (χ2v) is 3.89. The molecule has 0 aliphatic heterocycles. The number of hydrogen-bond acceptors (Lipinski definition) is 5. The van der Waals surface area contributed by atoms with Gasteiger partial charge in [-0.2, -0.15) is 0 Å². The van der Waals surface area contributed by atoms with E-state index in [0.29, 0.717) is 17.2 Å². The molecule has 5 nitrogen and oxygen atoms in total. The lowest BCUT2D eigenvalue weighted by atomic mass is 10.3. The summed E-state index contributed by atoms with van der Waals surface area (Å²) in [6, 6.07) is 8.59. The molecule has 0 bridgehead atoms. The van der Waals surface area contributed by atoms with Gasteiger partial charge in [0, 0.05) is 12.1 Å². The Balaban J connectivity index is 1.93. The lowest BCUT2D eigenvalue weighted by Crippen LogP contribution is -1.97. The van der Waals surface area contributed by atoms with Gasteiger partial charge in [0.05, 0.1) is 0 Å². The van der Waals surface area contributed by atoms with Gasteiger partial charge < -0.3 is 13.9 Å². The van der Waals surface area contributed by atoms with Crippen LogP contribution < -0.4 is 5.43 Å². The van der Waals surface area contributed by atoms with Gasteiger partial charge in [-0.25, -0.2) is 4.98 Å². The summed E-state index contributed by atoms with van der Waals surface area (Å²) >= 11 is 0. The fraction of sp³-hybridized carbons (Fsp3) is 0. The minimum atomic E-state index is -0.497. The molecule has 0 aliphatic rings. The third-order valence-electron chi connectivity index (χ3n) is 2.53. The Hall–Kier alpha value is -2.82. The van der Waals surface area contributed by atoms with E-state index in [-0.39, 0.29) is 0 Å². The monoisotopic (exact) mass is 255 g/mol. The SMILES string of the molecule is O=c1cc(/C=C/c2nc3ccccc3o2)occ1O. The van der Waals surface area contributed by atoms with Crippen molar-refractivity contribution in [3.63, 3.8) is 0 Å². The second-order valence-electron chi connectivity index (χ2n) is 3.89. The van der Waals surface area contributed by atoms with Crippen molar-refractivity contribution in [3.8, 4) is 5.75 Å². The van der Waals surface area contributed by atoms with E-state index in [9.17, 15) is 4.79 Å². The van der Waals surface area contributed by atoms with Crippen LogP contribution in [0.15, 0.2) is 50.2 Å². The van der Waals surface area contributed by atoms with E-state index in [1.807, 2.05) is 24.3 Å². The second kappa shape index (κ2) is 4.45. The average molecular weight is 255 g/mol. The molecule has 0 aliphatic carbocycles. The third-order valence-corrected chi connectivity index (χ3v) is 2.53. The predicted octanol–water partition coefficient (Wildman–Crippen LogP) is 2.66. The number of fused-ring (bicyclic) bond motifs is 1. The zero-order valence-electron chi connectivity index (χ0n) is 9.74. The van der Waals surface area contributed by atoms with Gasteiger partial charge in [0.25, 0.3) is 0 Å². The molecule has 94 valence electrons. The van der Waals surface area contributed by atoms with Crippen LogP contribution in [0, 0.1) is 0 Å². The van der Waals surface area contributed by atoms with Crippen molar-refractivity contribution in [2.75, 3.05) is 0 Å². The first kappa shape index (κ1) is 11.3. The highest BCUT2D eigenvalue weighted by Crippen LogP contribution is 2.16. The van der Waals surface area contributed by atoms with Crippen molar-refractivity contribution in [1.29, 1.82) is 0 Å². The number of rotatable bonds is 2. The van der Waals surface area contributed by atoms with Gasteiger partial charge in [-0.3, -0.25) is 4.79 Å². The molecule has 0 fully saturated rings. The molecule has 3 aromatic rings. The van der Waals surface area contributed by atoms with Crippen LogP contribution in [0.25, 0.3) is 23.3 Å². The van der Waals surface area contributed by atoms with E-state index >= 15 is 0 Å². The Morgan fingerprint density at radius 3 is 2.84 bits per heavy atom. The molecule has 0 spiro atoms. The van der Waals surface area contributed by atoms with E-state index in [1.54, 1.807) is 12.2 Å². The van der Waals surface area contributed by atoms with E-state index in [2.05, 4.69) is 4.98 Å². The minimum absolute atomic E-state index is 0.310. The van der Waals surface area contributed by atoms with Crippen LogP contribution in [-0.2, 0) is 0 Å². The molecule has 2 heterocycles. The van der Waals surface area contributed by atoms with Crippen molar-refractivity contribution in [2.24, 2.45) is 0 Å². The van der Waals surface area contributed by atoms with E-state index in [0.717, 1.165) is 11.8 Å². The zero-order chi connectivity index (χ0) is 13.2. The summed E-state index contributed by atoms with van der Waals surface area (Å²) in [5, 5.41) is 9.06. The topological polar surface area (TPSA) is 76.5 Å². The number of para-hydroxylation sites is 2. The molecule has 1 aromatic carbocycles. The molecule has 1 N–H and O–H groups in total. The van der Waals surface area contributed by atoms with Gasteiger partial charge in [-0.05, 0) is 18.2 Å². The Kier molecular flexibility index (Phi) is 2.64. The number of nitrogens with zero attached hydrogens (tertiary/aromatic N) is 1. The maximum absolute atomic E-state index is 11.2. The molecule has 5 heteroatoms. The van der Waals surface area contributed by atoms with Gasteiger partial charge >= 0.3 is 0 Å². The molecular formula is C14H9NO4. The lowest BCUT2D eigenvalue weighted by molar-refractivity contribution is 0.427. The first-order chi connectivity index (χ1) is 9.22. The quantitative estimate of drug-likeness (QED) is 0.761. The fourth-order valence-corrected chi connectivity index (χ4v) is 1.62. The maximum Gasteiger partial charge on any atom is 0.227 e. The maximum atomic E-state index is 11.2. The lowest BCUT2D eigenvalue weighted by Gasteiger charge is -1.91. The first-order valence-electron chi connectivity index (χ1n) is 5.58. The summed E-state index contributed by atoms with van der Waals surface area (Å²) in [5.41, 5.74) is 0.951. The number of aromatic hydroxyl groups is 1. The van der Waals surface area contributed by atoms with Crippen LogP contribution in [-0.4, -0.2) is 10.1 Å². The third kappa shape index (κ3) is 2.26. The number of oxazole rings is 1. The molecular weight excluding hydrogens is 246 g/mol. The normalized spacial score (nSPS) is 11.4. The van der Waals surface area contributed by atoms with Crippen molar-refractivity contribution < 1.29 is 13.9 Å². The molecule has 2 aromatic heterocycles. The summed E-state index contributed by atoms with van der Waals surface area (Å²) in [4.78, 5) is 15.5. The summed E-state index contributed by atoms with van der Waals surface area (Å²) in [6.07, 6.45) is 4.13. The Morgan fingerprint density at radius 2 is 2.05 bits per heavy atom. The molecule has 0 saturated carbocycles. The number of aromatic nitrogens is 1. The number of hydrogen-bond donors (Lipinski definition) is 1. The Labute approximate surface area is 107 Å². The molecule has 19 heavy (non-hydrogen) atoms. The van der Waals surface area contributed by atoms with Gasteiger partial charge in [-0.15, -0.1) is 0 Å². The van der Waals surface area contributed by atoms with E-state index in [4.69, 9.17) is 13.9 Å². The Bertz CT molecular complexity index is 780. The summed E-state index contributed by atoms with van der Waals surface area (Å²) in [5.74, 6) is 0.306. The van der Waals surface area contributed by atoms with Gasteiger partial charge in [0.1, 0.15) is 17.5 Å².